The maximum atomic E-state index is 13.5. The molecule has 3 aromatic carbocycles. The van der Waals surface area contributed by atoms with Crippen molar-refractivity contribution in [1.29, 1.82) is 0 Å². The standard InChI is InChI=1S/C26H22ClN3O5/c1-15-7-10-17(13-20(15)27)30-25(32)22-23(29(14-21(28)31)35-24(22)26(30)33)16-8-11-19(12-9-16)34-18-5-3-2-4-6-18/h2-13,22-24H,14H2,1H3,(H2,28,31). The number of amides is 3. The minimum absolute atomic E-state index is 0.267. The smallest absolute Gasteiger partial charge is 0.265 e. The number of nitrogens with two attached hydrogens (primary N) is 1. The normalized spacial score (nSPS) is 21.9. The molecule has 3 unspecified atom stereocenters. The number of fused-ring (bicyclic) bond motifs is 1. The van der Waals surface area contributed by atoms with Crippen LogP contribution in [-0.2, 0) is 19.2 Å². The van der Waals surface area contributed by atoms with Gasteiger partial charge in [-0.25, -0.2) is 4.90 Å². The molecule has 2 aliphatic rings. The highest BCUT2D eigenvalue weighted by molar-refractivity contribution is 6.32. The van der Waals surface area contributed by atoms with E-state index in [1.165, 1.54) is 5.06 Å². The van der Waals surface area contributed by atoms with Crippen LogP contribution in [0.25, 0.3) is 0 Å². The van der Waals surface area contributed by atoms with Crippen LogP contribution >= 0.6 is 11.6 Å². The van der Waals surface area contributed by atoms with Gasteiger partial charge < -0.3 is 10.5 Å². The summed E-state index contributed by atoms with van der Waals surface area (Å²) in [6, 6.07) is 20.7. The molecule has 3 aromatic rings. The third-order valence-electron chi connectivity index (χ3n) is 6.12. The van der Waals surface area contributed by atoms with Crippen molar-refractivity contribution in [3.8, 4) is 11.5 Å². The predicted molar refractivity (Wildman–Crippen MR) is 129 cm³/mol. The van der Waals surface area contributed by atoms with Gasteiger partial charge in [0.2, 0.25) is 11.8 Å². The van der Waals surface area contributed by atoms with E-state index in [-0.39, 0.29) is 6.54 Å². The number of carbonyl (C=O) groups excluding carboxylic acids is 3. The van der Waals surface area contributed by atoms with Crippen LogP contribution in [-0.4, -0.2) is 35.4 Å². The fourth-order valence-corrected chi connectivity index (χ4v) is 4.64. The van der Waals surface area contributed by atoms with Crippen LogP contribution in [0.1, 0.15) is 17.2 Å². The van der Waals surface area contributed by atoms with Crippen molar-refractivity contribution in [3.63, 3.8) is 0 Å². The Morgan fingerprint density at radius 1 is 1.00 bits per heavy atom. The van der Waals surface area contributed by atoms with Gasteiger partial charge in [0.1, 0.15) is 18.0 Å². The summed E-state index contributed by atoms with van der Waals surface area (Å²) in [7, 11) is 0. The van der Waals surface area contributed by atoms with Gasteiger partial charge >= 0.3 is 0 Å². The van der Waals surface area contributed by atoms with E-state index >= 15 is 0 Å². The van der Waals surface area contributed by atoms with Gasteiger partial charge in [-0.3, -0.25) is 19.2 Å². The molecule has 2 fully saturated rings. The molecule has 2 aliphatic heterocycles. The van der Waals surface area contributed by atoms with Crippen molar-refractivity contribution >= 4 is 35.0 Å². The summed E-state index contributed by atoms with van der Waals surface area (Å²) in [6.45, 7) is 1.57. The van der Waals surface area contributed by atoms with E-state index in [1.54, 1.807) is 42.5 Å². The zero-order valence-corrected chi connectivity index (χ0v) is 19.5. The van der Waals surface area contributed by atoms with Crippen LogP contribution in [0.3, 0.4) is 0 Å². The molecule has 0 aliphatic carbocycles. The quantitative estimate of drug-likeness (QED) is 0.526. The Labute approximate surface area is 206 Å². The molecule has 3 atom stereocenters. The molecule has 2 saturated heterocycles. The van der Waals surface area contributed by atoms with Crippen LogP contribution in [0.4, 0.5) is 5.69 Å². The maximum absolute atomic E-state index is 13.5. The first-order chi connectivity index (χ1) is 16.8. The van der Waals surface area contributed by atoms with Gasteiger partial charge in [0.15, 0.2) is 6.10 Å². The van der Waals surface area contributed by atoms with E-state index in [2.05, 4.69) is 0 Å². The van der Waals surface area contributed by atoms with E-state index in [0.29, 0.717) is 27.8 Å². The van der Waals surface area contributed by atoms with Gasteiger partial charge in [-0.05, 0) is 54.4 Å². The highest BCUT2D eigenvalue weighted by Gasteiger charge is 2.60. The van der Waals surface area contributed by atoms with Crippen molar-refractivity contribution in [2.75, 3.05) is 11.4 Å². The highest BCUT2D eigenvalue weighted by Crippen LogP contribution is 2.46. The Kier molecular flexibility index (Phi) is 6.02. The number of hydrogen-bond donors (Lipinski definition) is 1. The number of rotatable bonds is 6. The number of benzene rings is 3. The number of primary amides is 1. The maximum Gasteiger partial charge on any atom is 0.265 e. The summed E-state index contributed by atoms with van der Waals surface area (Å²) < 4.78 is 5.85. The number of para-hydroxylation sites is 1. The van der Waals surface area contributed by atoms with Crippen LogP contribution in [0.15, 0.2) is 72.8 Å². The summed E-state index contributed by atoms with van der Waals surface area (Å²) in [5, 5.41) is 1.77. The van der Waals surface area contributed by atoms with E-state index < -0.39 is 35.8 Å². The van der Waals surface area contributed by atoms with Crippen LogP contribution < -0.4 is 15.4 Å². The van der Waals surface area contributed by atoms with Gasteiger partial charge in [0.05, 0.1) is 17.6 Å². The Bertz CT molecular complexity index is 1300. The Balaban J connectivity index is 1.46. The van der Waals surface area contributed by atoms with E-state index in [9.17, 15) is 14.4 Å². The third kappa shape index (κ3) is 4.27. The third-order valence-corrected chi connectivity index (χ3v) is 6.53. The number of hydrogen-bond acceptors (Lipinski definition) is 6. The van der Waals surface area contributed by atoms with Crippen molar-refractivity contribution in [2.45, 2.75) is 19.1 Å². The topological polar surface area (TPSA) is 102 Å². The van der Waals surface area contributed by atoms with E-state index in [0.717, 1.165) is 10.5 Å². The molecule has 0 spiro atoms. The summed E-state index contributed by atoms with van der Waals surface area (Å²) in [5.41, 5.74) is 7.30. The van der Waals surface area contributed by atoms with Gasteiger partial charge in [-0.15, -0.1) is 0 Å². The highest BCUT2D eigenvalue weighted by atomic mass is 35.5. The monoisotopic (exact) mass is 491 g/mol. The number of carbonyl (C=O) groups is 3. The second-order valence-electron chi connectivity index (χ2n) is 8.47. The second-order valence-corrected chi connectivity index (χ2v) is 8.87. The lowest BCUT2D eigenvalue weighted by Crippen LogP contribution is -2.40. The molecule has 0 aromatic heterocycles. The summed E-state index contributed by atoms with van der Waals surface area (Å²) >= 11 is 6.23. The largest absolute Gasteiger partial charge is 0.457 e. The molecule has 2 N–H and O–H groups in total. The first-order valence-electron chi connectivity index (χ1n) is 11.0. The van der Waals surface area contributed by atoms with Gasteiger partial charge in [0, 0.05) is 5.02 Å². The lowest BCUT2D eigenvalue weighted by atomic mass is 9.90. The van der Waals surface area contributed by atoms with E-state index in [4.69, 9.17) is 26.9 Å². The van der Waals surface area contributed by atoms with Gasteiger partial charge in [-0.1, -0.05) is 48.0 Å². The van der Waals surface area contributed by atoms with Crippen molar-refractivity contribution in [3.05, 3.63) is 88.9 Å². The molecule has 8 nitrogen and oxygen atoms in total. The zero-order chi connectivity index (χ0) is 24.7. The van der Waals surface area contributed by atoms with Crippen molar-refractivity contribution < 1.29 is 24.0 Å². The van der Waals surface area contributed by atoms with Gasteiger partial charge in [0.25, 0.3) is 5.91 Å². The van der Waals surface area contributed by atoms with Crippen molar-refractivity contribution in [1.82, 2.24) is 5.06 Å². The first-order valence-corrected chi connectivity index (χ1v) is 11.4. The van der Waals surface area contributed by atoms with E-state index in [1.807, 2.05) is 37.3 Å². The molecule has 3 amide bonds. The Hall–Kier alpha value is -3.72. The molecule has 0 saturated carbocycles. The molecular formula is C26H22ClN3O5. The molecule has 9 heteroatoms. The lowest BCUT2D eigenvalue weighted by Gasteiger charge is -2.26. The molecule has 2 heterocycles. The predicted octanol–water partition coefficient (Wildman–Crippen LogP) is 3.77. The summed E-state index contributed by atoms with van der Waals surface area (Å²) in [6.07, 6.45) is -1.08. The fraction of sp³-hybridized carbons (Fsp3) is 0.192. The van der Waals surface area contributed by atoms with Crippen LogP contribution in [0.5, 0.6) is 11.5 Å². The lowest BCUT2D eigenvalue weighted by molar-refractivity contribution is -0.175. The van der Waals surface area contributed by atoms with Crippen LogP contribution in [0.2, 0.25) is 5.02 Å². The molecular weight excluding hydrogens is 470 g/mol. The number of imide groups is 1. The number of anilines is 1. The average molecular weight is 492 g/mol. The fourth-order valence-electron chi connectivity index (χ4n) is 4.47. The van der Waals surface area contributed by atoms with Gasteiger partial charge in [-0.2, -0.15) is 5.06 Å². The number of halogens is 1. The zero-order valence-electron chi connectivity index (χ0n) is 18.8. The average Bonchev–Trinajstić information content (AvgIpc) is 3.31. The Morgan fingerprint density at radius 3 is 2.34 bits per heavy atom. The SMILES string of the molecule is Cc1ccc(N2C(=O)C3ON(CC(N)=O)C(c4ccc(Oc5ccccc5)cc4)C3C2=O)cc1Cl. The minimum Gasteiger partial charge on any atom is -0.457 e. The molecule has 178 valence electrons. The number of ether oxygens (including phenoxy) is 1. The summed E-state index contributed by atoms with van der Waals surface area (Å²) in [4.78, 5) is 45.4. The molecule has 5 rings (SSSR count). The number of aryl methyl sites for hydroxylation is 1. The molecule has 0 bridgehead atoms. The number of hydroxylamine groups is 2. The van der Waals surface area contributed by atoms with Crippen LogP contribution in [0, 0.1) is 12.8 Å². The second kappa shape index (κ2) is 9.14. The minimum atomic E-state index is -1.08. The molecule has 35 heavy (non-hydrogen) atoms. The van der Waals surface area contributed by atoms with Crippen molar-refractivity contribution in [2.24, 2.45) is 11.7 Å². The molecule has 0 radical (unpaired) electrons. The first kappa shape index (κ1) is 23.0. The number of nitrogens with zero attached hydrogens (tertiary/aromatic N) is 2. The summed E-state index contributed by atoms with van der Waals surface area (Å²) in [5.74, 6) is -1.16. The Morgan fingerprint density at radius 2 is 1.69 bits per heavy atom.